The van der Waals surface area contributed by atoms with Gasteiger partial charge in [0, 0.05) is 12.5 Å². The average Bonchev–Trinajstić information content (AvgIpc) is 3.13. The van der Waals surface area contributed by atoms with Crippen LogP contribution in [0.2, 0.25) is 0 Å². The van der Waals surface area contributed by atoms with Gasteiger partial charge in [0.05, 0.1) is 17.8 Å². The van der Waals surface area contributed by atoms with Crippen molar-refractivity contribution in [2.45, 2.75) is 18.8 Å². The van der Waals surface area contributed by atoms with Gasteiger partial charge < -0.3 is 15.5 Å². The molecule has 1 atom stereocenters. The number of carbonyl (C=O) groups excluding carboxylic acids is 2. The number of oxazole rings is 1. The van der Waals surface area contributed by atoms with Gasteiger partial charge in [-0.25, -0.2) is 4.98 Å². The van der Waals surface area contributed by atoms with Gasteiger partial charge in [-0.05, 0) is 43.7 Å². The highest BCUT2D eigenvalue weighted by atomic mass is 16.3. The molecule has 1 fully saturated rings. The predicted molar refractivity (Wildman–Crippen MR) is 106 cm³/mol. The summed E-state index contributed by atoms with van der Waals surface area (Å²) in [6.07, 6.45) is 1.95. The second-order valence-corrected chi connectivity index (χ2v) is 7.05. The molecular weight excluding hydrogens is 356 g/mol. The third-order valence-corrected chi connectivity index (χ3v) is 5.00. The number of benzene rings is 2. The van der Waals surface area contributed by atoms with Crippen LogP contribution in [0.3, 0.4) is 0 Å². The fourth-order valence-electron chi connectivity index (χ4n) is 3.67. The number of carbonyl (C=O) groups is 2. The maximum absolute atomic E-state index is 12.5. The highest BCUT2D eigenvalue weighted by Gasteiger charge is 2.26. The minimum atomic E-state index is -0.565. The van der Waals surface area contributed by atoms with Crippen LogP contribution >= 0.6 is 0 Å². The molecule has 0 radical (unpaired) electrons. The van der Waals surface area contributed by atoms with E-state index in [-0.39, 0.29) is 18.4 Å². The minimum absolute atomic E-state index is 0.159. The van der Waals surface area contributed by atoms with Crippen LogP contribution in [0.25, 0.3) is 11.1 Å². The molecule has 3 N–H and O–H groups in total. The van der Waals surface area contributed by atoms with Crippen molar-refractivity contribution in [1.29, 1.82) is 0 Å². The molecule has 1 aliphatic rings. The molecule has 0 saturated carbocycles. The summed E-state index contributed by atoms with van der Waals surface area (Å²) in [6.45, 7) is 1.78. The van der Waals surface area contributed by atoms with Gasteiger partial charge in [0.2, 0.25) is 5.91 Å². The van der Waals surface area contributed by atoms with E-state index < -0.39 is 5.91 Å². The second-order valence-electron chi connectivity index (χ2n) is 7.05. The number of rotatable bonds is 5. The Bertz CT molecular complexity index is 981. The van der Waals surface area contributed by atoms with E-state index in [0.717, 1.165) is 36.4 Å². The summed E-state index contributed by atoms with van der Waals surface area (Å²) in [5.41, 5.74) is 7.76. The van der Waals surface area contributed by atoms with Crippen molar-refractivity contribution in [2.24, 2.45) is 5.73 Å². The number of piperidine rings is 1. The van der Waals surface area contributed by atoms with E-state index in [9.17, 15) is 9.59 Å². The smallest absolute Gasteiger partial charge is 0.250 e. The Hall–Kier alpha value is -3.19. The number of anilines is 1. The van der Waals surface area contributed by atoms with E-state index in [0.29, 0.717) is 17.8 Å². The van der Waals surface area contributed by atoms with Crippen LogP contribution in [0.4, 0.5) is 5.69 Å². The summed E-state index contributed by atoms with van der Waals surface area (Å²) < 4.78 is 5.91. The molecule has 1 aromatic heterocycles. The van der Waals surface area contributed by atoms with Gasteiger partial charge in [-0.1, -0.05) is 24.3 Å². The van der Waals surface area contributed by atoms with Crippen molar-refractivity contribution < 1.29 is 14.0 Å². The molecule has 4 rings (SSSR count). The maximum atomic E-state index is 12.5. The summed E-state index contributed by atoms with van der Waals surface area (Å²) in [7, 11) is 0. The van der Waals surface area contributed by atoms with E-state index >= 15 is 0 Å². The molecule has 2 amide bonds. The van der Waals surface area contributed by atoms with E-state index in [4.69, 9.17) is 10.2 Å². The molecule has 1 saturated heterocycles. The fourth-order valence-corrected chi connectivity index (χ4v) is 3.67. The Morgan fingerprint density at radius 1 is 1.18 bits per heavy atom. The van der Waals surface area contributed by atoms with Gasteiger partial charge in [-0.15, -0.1) is 0 Å². The molecule has 0 bridgehead atoms. The number of likely N-dealkylation sites (tertiary alicyclic amines) is 1. The summed E-state index contributed by atoms with van der Waals surface area (Å²) in [4.78, 5) is 30.7. The number of primary amides is 1. The summed E-state index contributed by atoms with van der Waals surface area (Å²) in [5, 5.41) is 2.79. The number of hydrogen-bond donors (Lipinski definition) is 2. The maximum Gasteiger partial charge on any atom is 0.250 e. The molecule has 7 heteroatoms. The monoisotopic (exact) mass is 378 g/mol. The number of hydrogen-bond acceptors (Lipinski definition) is 5. The Kier molecular flexibility index (Phi) is 5.08. The largest absolute Gasteiger partial charge is 0.440 e. The molecule has 0 aliphatic carbocycles. The highest BCUT2D eigenvalue weighted by Crippen LogP contribution is 2.29. The third kappa shape index (κ3) is 3.89. The quantitative estimate of drug-likeness (QED) is 0.711. The third-order valence-electron chi connectivity index (χ3n) is 5.00. The van der Waals surface area contributed by atoms with E-state index in [1.165, 1.54) is 0 Å². The molecule has 1 unspecified atom stereocenters. The van der Waals surface area contributed by atoms with E-state index in [2.05, 4.69) is 15.2 Å². The van der Waals surface area contributed by atoms with E-state index in [1.54, 1.807) is 24.3 Å². The molecule has 2 heterocycles. The lowest BCUT2D eigenvalue weighted by molar-refractivity contribution is -0.117. The molecule has 144 valence electrons. The molecule has 28 heavy (non-hydrogen) atoms. The van der Waals surface area contributed by atoms with Gasteiger partial charge in [0.25, 0.3) is 5.91 Å². The van der Waals surface area contributed by atoms with Crippen LogP contribution in [-0.2, 0) is 4.79 Å². The topological polar surface area (TPSA) is 101 Å². The number of para-hydroxylation sites is 3. The molecular formula is C21H22N4O3. The van der Waals surface area contributed by atoms with Gasteiger partial charge in [0.1, 0.15) is 5.52 Å². The zero-order valence-electron chi connectivity index (χ0n) is 15.4. The van der Waals surface area contributed by atoms with Crippen molar-refractivity contribution in [3.05, 3.63) is 60.0 Å². The zero-order valence-corrected chi connectivity index (χ0v) is 15.4. The van der Waals surface area contributed by atoms with Crippen LogP contribution in [0.15, 0.2) is 52.9 Å². The lowest BCUT2D eigenvalue weighted by Crippen LogP contribution is -2.40. The number of amides is 2. The van der Waals surface area contributed by atoms with Crippen LogP contribution in [0.1, 0.15) is 35.0 Å². The van der Waals surface area contributed by atoms with Crippen LogP contribution in [0, 0.1) is 0 Å². The number of fused-ring (bicyclic) bond motifs is 1. The first-order valence-corrected chi connectivity index (χ1v) is 9.36. The van der Waals surface area contributed by atoms with Gasteiger partial charge in [-0.2, -0.15) is 0 Å². The van der Waals surface area contributed by atoms with Crippen LogP contribution < -0.4 is 11.1 Å². The lowest BCUT2D eigenvalue weighted by atomic mass is 9.98. The number of nitrogens with zero attached hydrogens (tertiary/aromatic N) is 2. The molecule has 3 aromatic rings. The Morgan fingerprint density at radius 3 is 2.79 bits per heavy atom. The van der Waals surface area contributed by atoms with Crippen molar-refractivity contribution in [1.82, 2.24) is 9.88 Å². The number of aromatic nitrogens is 1. The Balaban J connectivity index is 1.41. The van der Waals surface area contributed by atoms with E-state index in [1.807, 2.05) is 24.3 Å². The molecule has 1 aliphatic heterocycles. The van der Waals surface area contributed by atoms with Crippen LogP contribution in [0.5, 0.6) is 0 Å². The zero-order chi connectivity index (χ0) is 19.5. The Labute approximate surface area is 162 Å². The first kappa shape index (κ1) is 18.2. The van der Waals surface area contributed by atoms with Crippen molar-refractivity contribution in [2.75, 3.05) is 25.0 Å². The minimum Gasteiger partial charge on any atom is -0.440 e. The molecule has 2 aromatic carbocycles. The lowest BCUT2D eigenvalue weighted by Gasteiger charge is -2.30. The van der Waals surface area contributed by atoms with Gasteiger partial charge in [-0.3, -0.25) is 14.5 Å². The summed E-state index contributed by atoms with van der Waals surface area (Å²) >= 11 is 0. The fraction of sp³-hybridized carbons (Fsp3) is 0.286. The Morgan fingerprint density at radius 2 is 1.96 bits per heavy atom. The highest BCUT2D eigenvalue weighted by molar-refractivity contribution is 6.03. The van der Waals surface area contributed by atoms with Crippen molar-refractivity contribution >= 4 is 28.6 Å². The number of nitrogens with one attached hydrogen (secondary N) is 1. The number of nitrogens with two attached hydrogens (primary N) is 1. The SMILES string of the molecule is NC(=O)c1ccccc1NC(=O)CN1CCCC(c2nc3ccccc3o2)C1. The molecule has 0 spiro atoms. The summed E-state index contributed by atoms with van der Waals surface area (Å²) in [5.74, 6) is 0.147. The second kappa shape index (κ2) is 7.82. The normalized spacial score (nSPS) is 17.5. The summed E-state index contributed by atoms with van der Waals surface area (Å²) in [6, 6.07) is 14.5. The standard InChI is InChI=1S/C21H22N4O3/c22-20(27)15-7-1-2-8-16(15)23-19(26)13-25-11-5-6-14(12-25)21-24-17-9-3-4-10-18(17)28-21/h1-4,7-10,14H,5-6,11-13H2,(H2,22,27)(H,23,26). The molecule has 7 nitrogen and oxygen atoms in total. The first-order valence-electron chi connectivity index (χ1n) is 9.36. The van der Waals surface area contributed by atoms with Crippen molar-refractivity contribution in [3.63, 3.8) is 0 Å². The average molecular weight is 378 g/mol. The van der Waals surface area contributed by atoms with Crippen molar-refractivity contribution in [3.8, 4) is 0 Å². The van der Waals surface area contributed by atoms with Crippen LogP contribution in [-0.4, -0.2) is 41.3 Å². The van der Waals surface area contributed by atoms with Gasteiger partial charge in [0.15, 0.2) is 11.5 Å². The predicted octanol–water partition coefficient (Wildman–Crippen LogP) is 2.74. The van der Waals surface area contributed by atoms with Gasteiger partial charge >= 0.3 is 0 Å². The first-order chi connectivity index (χ1) is 13.6.